The average Bonchev–Trinajstić information content (AvgIpc) is 3.30. The summed E-state index contributed by atoms with van der Waals surface area (Å²) in [6, 6.07) is 5.26. The molecule has 4 rings (SSSR count). The third kappa shape index (κ3) is 3.00. The molecule has 4 heterocycles. The van der Waals surface area contributed by atoms with E-state index >= 15 is 0 Å². The second-order valence-corrected chi connectivity index (χ2v) is 8.00. The number of carbonyl (C=O) groups is 1. The number of methoxy groups -OCH3 is 2. The third-order valence-corrected chi connectivity index (χ3v) is 6.43. The van der Waals surface area contributed by atoms with Crippen molar-refractivity contribution in [2.24, 2.45) is 0 Å². The van der Waals surface area contributed by atoms with Gasteiger partial charge in [0, 0.05) is 17.1 Å². The number of pyridine rings is 2. The number of hydrogen-bond donors (Lipinski definition) is 0. The first kappa shape index (κ1) is 18.7. The number of aromatic nitrogens is 3. The molecule has 0 saturated carbocycles. The van der Waals surface area contributed by atoms with Gasteiger partial charge in [-0.3, -0.25) is 9.69 Å². The highest BCUT2D eigenvalue weighted by molar-refractivity contribution is 8.00. The lowest BCUT2D eigenvalue weighted by Crippen LogP contribution is -2.26. The normalized spacial score (nSPS) is 15.6. The highest BCUT2D eigenvalue weighted by Gasteiger charge is 2.37. The van der Waals surface area contributed by atoms with E-state index in [2.05, 4.69) is 9.97 Å². The lowest BCUT2D eigenvalue weighted by atomic mass is 10.1. The zero-order valence-corrected chi connectivity index (χ0v) is 17.4. The van der Waals surface area contributed by atoms with E-state index in [0.717, 1.165) is 21.3 Å². The van der Waals surface area contributed by atoms with Crippen LogP contribution in [0.15, 0.2) is 34.1 Å². The Kier molecular flexibility index (Phi) is 4.94. The van der Waals surface area contributed by atoms with Gasteiger partial charge in [0.15, 0.2) is 10.1 Å². The van der Waals surface area contributed by atoms with Crippen LogP contribution in [0.2, 0.25) is 0 Å². The Balaban J connectivity index is 1.72. The van der Waals surface area contributed by atoms with Crippen LogP contribution in [0.3, 0.4) is 0 Å². The molecule has 1 aliphatic rings. The van der Waals surface area contributed by atoms with Gasteiger partial charge in [-0.15, -0.1) is 11.3 Å². The molecule has 144 valence electrons. The zero-order valence-electron chi connectivity index (χ0n) is 15.8. The average molecular weight is 415 g/mol. The van der Waals surface area contributed by atoms with Gasteiger partial charge in [0.05, 0.1) is 37.2 Å². The van der Waals surface area contributed by atoms with Crippen LogP contribution < -0.4 is 14.4 Å². The Labute approximate surface area is 170 Å². The molecule has 0 saturated heterocycles. The number of rotatable bonds is 5. The molecule has 0 aliphatic carbocycles. The van der Waals surface area contributed by atoms with Crippen LogP contribution in [-0.2, 0) is 0 Å². The van der Waals surface area contributed by atoms with E-state index in [1.54, 1.807) is 37.1 Å². The Bertz CT molecular complexity index is 1050. The molecule has 3 aromatic rings. The topological polar surface area (TPSA) is 77.4 Å². The molecule has 0 fully saturated rings. The van der Waals surface area contributed by atoms with E-state index in [1.165, 1.54) is 11.3 Å². The van der Waals surface area contributed by atoms with Gasteiger partial charge in [-0.1, -0.05) is 11.8 Å². The van der Waals surface area contributed by atoms with Gasteiger partial charge < -0.3 is 9.47 Å². The highest BCUT2D eigenvalue weighted by Crippen LogP contribution is 2.39. The lowest BCUT2D eigenvalue weighted by molar-refractivity contribution is 0.0991. The van der Waals surface area contributed by atoms with Crippen molar-refractivity contribution in [2.45, 2.75) is 17.3 Å². The van der Waals surface area contributed by atoms with Crippen LogP contribution in [0.4, 0.5) is 5.82 Å². The molecule has 28 heavy (non-hydrogen) atoms. The number of hydrogen-bond acceptors (Lipinski definition) is 8. The Morgan fingerprint density at radius 2 is 2.04 bits per heavy atom. The van der Waals surface area contributed by atoms with Crippen LogP contribution in [-0.4, -0.2) is 41.3 Å². The van der Waals surface area contributed by atoms with Crippen molar-refractivity contribution >= 4 is 34.8 Å². The smallest absolute Gasteiger partial charge is 0.262 e. The Morgan fingerprint density at radius 1 is 1.21 bits per heavy atom. The van der Waals surface area contributed by atoms with Gasteiger partial charge in [-0.05, 0) is 31.4 Å². The lowest BCUT2D eigenvalue weighted by Gasteiger charge is -2.18. The maximum atomic E-state index is 12.9. The van der Waals surface area contributed by atoms with Gasteiger partial charge in [0.25, 0.3) is 11.8 Å². The molecule has 7 nitrogen and oxygen atoms in total. The first-order valence-corrected chi connectivity index (χ1v) is 10.6. The van der Waals surface area contributed by atoms with E-state index in [0.29, 0.717) is 23.0 Å². The summed E-state index contributed by atoms with van der Waals surface area (Å²) in [7, 11) is 3.11. The molecule has 1 atom stereocenters. The molecule has 1 amide bonds. The molecular weight excluding hydrogens is 396 g/mol. The minimum atomic E-state index is -0.202. The summed E-state index contributed by atoms with van der Waals surface area (Å²) in [5, 5.41) is 1.91. The van der Waals surface area contributed by atoms with Crippen LogP contribution in [0.1, 0.15) is 29.0 Å². The largest absolute Gasteiger partial charge is 0.491 e. The monoisotopic (exact) mass is 414 g/mol. The Morgan fingerprint density at radius 3 is 2.71 bits per heavy atom. The summed E-state index contributed by atoms with van der Waals surface area (Å²) in [5.74, 6) is 1.53. The summed E-state index contributed by atoms with van der Waals surface area (Å²) in [6.45, 7) is 1.96. The summed E-state index contributed by atoms with van der Waals surface area (Å²) in [4.78, 5) is 28.2. The van der Waals surface area contributed by atoms with Crippen LogP contribution in [0.25, 0.3) is 11.3 Å². The minimum absolute atomic E-state index is 0.0788. The number of thiazole rings is 1. The quantitative estimate of drug-likeness (QED) is 0.583. The second kappa shape index (κ2) is 7.40. The molecule has 0 spiro atoms. The predicted molar refractivity (Wildman–Crippen MR) is 110 cm³/mol. The molecule has 0 bridgehead atoms. The number of ether oxygens (including phenoxy) is 2. The molecule has 1 unspecified atom stereocenters. The van der Waals surface area contributed by atoms with Gasteiger partial charge in [0.1, 0.15) is 5.82 Å². The Hall–Kier alpha value is -2.65. The first-order chi connectivity index (χ1) is 13.6. The van der Waals surface area contributed by atoms with Crippen molar-refractivity contribution in [2.75, 3.05) is 25.4 Å². The molecule has 0 aromatic carbocycles. The fourth-order valence-corrected chi connectivity index (χ4v) is 4.42. The molecule has 3 aromatic heterocycles. The fraction of sp³-hybridized carbons (Fsp3) is 0.263. The number of carbonyl (C=O) groups excluding carboxylic acids is 1. The van der Waals surface area contributed by atoms with Crippen molar-refractivity contribution in [1.29, 1.82) is 0 Å². The van der Waals surface area contributed by atoms with Crippen molar-refractivity contribution < 1.29 is 14.3 Å². The summed E-state index contributed by atoms with van der Waals surface area (Å²) < 4.78 is 11.4. The second-order valence-electron chi connectivity index (χ2n) is 6.09. The highest BCUT2D eigenvalue weighted by atomic mass is 32.2. The summed E-state index contributed by atoms with van der Waals surface area (Å²) in [6.07, 6.45) is 3.65. The summed E-state index contributed by atoms with van der Waals surface area (Å²) in [5.41, 5.74) is 2.84. The van der Waals surface area contributed by atoms with Gasteiger partial charge >= 0.3 is 0 Å². The molecule has 9 heteroatoms. The predicted octanol–water partition coefficient (Wildman–Crippen LogP) is 4.06. The van der Waals surface area contributed by atoms with Crippen molar-refractivity contribution in [3.8, 4) is 22.9 Å². The molecular formula is C19H18N4O3S2. The number of nitrogens with zero attached hydrogens (tertiary/aromatic N) is 4. The standard InChI is InChI=1S/C19H18N4O3S2/c1-10-16-12(18(24)23(10)15-9-28-19(22-15)27-4)5-6-13(21-16)11-7-14(25-2)17(26-3)20-8-11/h5-10H,1-4H3. The van der Waals surface area contributed by atoms with Crippen LogP contribution in [0, 0.1) is 0 Å². The number of fused-ring (bicyclic) bond motifs is 1. The maximum absolute atomic E-state index is 12.9. The van der Waals surface area contributed by atoms with E-state index in [4.69, 9.17) is 14.5 Å². The van der Waals surface area contributed by atoms with Crippen molar-refractivity contribution in [1.82, 2.24) is 15.0 Å². The number of amides is 1. The van der Waals surface area contributed by atoms with E-state index in [9.17, 15) is 4.79 Å². The van der Waals surface area contributed by atoms with Crippen LogP contribution in [0.5, 0.6) is 11.6 Å². The fourth-order valence-electron chi connectivity index (χ4n) is 3.19. The maximum Gasteiger partial charge on any atom is 0.262 e. The van der Waals surface area contributed by atoms with Crippen LogP contribution >= 0.6 is 23.1 Å². The van der Waals surface area contributed by atoms with Gasteiger partial charge in [0.2, 0.25) is 0 Å². The van der Waals surface area contributed by atoms with Crippen molar-refractivity contribution in [3.05, 3.63) is 41.0 Å². The van der Waals surface area contributed by atoms with Gasteiger partial charge in [-0.25, -0.2) is 15.0 Å². The van der Waals surface area contributed by atoms with E-state index in [1.807, 2.05) is 36.8 Å². The first-order valence-electron chi connectivity index (χ1n) is 8.49. The van der Waals surface area contributed by atoms with Crippen molar-refractivity contribution in [3.63, 3.8) is 0 Å². The molecule has 0 N–H and O–H groups in total. The molecule has 1 aliphatic heterocycles. The number of anilines is 1. The van der Waals surface area contributed by atoms with E-state index < -0.39 is 0 Å². The van der Waals surface area contributed by atoms with Gasteiger partial charge in [-0.2, -0.15) is 0 Å². The minimum Gasteiger partial charge on any atom is -0.491 e. The summed E-state index contributed by atoms with van der Waals surface area (Å²) >= 11 is 3.10. The van der Waals surface area contributed by atoms with E-state index in [-0.39, 0.29) is 11.9 Å². The number of thioether (sulfide) groups is 1. The zero-order chi connectivity index (χ0) is 19.8. The third-order valence-electron chi connectivity index (χ3n) is 4.58. The SMILES string of the molecule is COc1cc(-c2ccc3c(n2)C(C)N(c2csc(SC)n2)C3=O)cnc1OC. The molecule has 0 radical (unpaired) electrons.